The van der Waals surface area contributed by atoms with Gasteiger partial charge in [-0.15, -0.1) is 10.2 Å². The second-order valence-corrected chi connectivity index (χ2v) is 8.19. The lowest BCUT2D eigenvalue weighted by molar-refractivity contribution is 0.0683. The maximum atomic E-state index is 13.3. The van der Waals surface area contributed by atoms with Crippen LogP contribution >= 0.6 is 23.2 Å². The van der Waals surface area contributed by atoms with Gasteiger partial charge in [0, 0.05) is 22.0 Å². The third-order valence-electron chi connectivity index (χ3n) is 5.22. The lowest BCUT2D eigenvalue weighted by atomic mass is 10.1. The molecule has 2 aromatic heterocycles. The van der Waals surface area contributed by atoms with Crippen molar-refractivity contribution in [3.63, 3.8) is 0 Å². The first kappa shape index (κ1) is 19.2. The number of halogens is 2. The molecule has 1 aliphatic carbocycles. The zero-order chi connectivity index (χ0) is 20.8. The van der Waals surface area contributed by atoms with E-state index in [2.05, 4.69) is 10.2 Å². The summed E-state index contributed by atoms with van der Waals surface area (Å²) in [5, 5.41) is 10.2. The van der Waals surface area contributed by atoms with Crippen molar-refractivity contribution in [3.05, 3.63) is 69.7 Å². The van der Waals surface area contributed by atoms with E-state index in [9.17, 15) is 4.79 Å². The Morgan fingerprint density at radius 3 is 2.70 bits per heavy atom. The van der Waals surface area contributed by atoms with E-state index >= 15 is 0 Å². The molecule has 1 amide bonds. The van der Waals surface area contributed by atoms with E-state index in [1.165, 1.54) is 0 Å². The number of amides is 1. The Bertz CT molecular complexity index is 1260. The van der Waals surface area contributed by atoms with Crippen LogP contribution in [-0.4, -0.2) is 27.0 Å². The fourth-order valence-electron chi connectivity index (χ4n) is 3.49. The smallest absolute Gasteiger partial charge is 0.290 e. The molecule has 0 atom stereocenters. The van der Waals surface area contributed by atoms with Gasteiger partial charge in [0.2, 0.25) is 11.8 Å². The molecule has 0 saturated heterocycles. The number of carbonyl (C=O) groups excluding carboxylic acids is 1. The molecule has 0 unspecified atom stereocenters. The zero-order valence-corrected chi connectivity index (χ0v) is 17.6. The number of aromatic nitrogens is 2. The minimum Gasteiger partial charge on any atom is -0.451 e. The summed E-state index contributed by atoms with van der Waals surface area (Å²) in [7, 11) is 0. The summed E-state index contributed by atoms with van der Waals surface area (Å²) in [4.78, 5) is 15.1. The van der Waals surface area contributed by atoms with Crippen LogP contribution in [0.4, 0.5) is 0 Å². The molecule has 30 heavy (non-hydrogen) atoms. The second-order valence-electron chi connectivity index (χ2n) is 7.34. The molecule has 152 valence electrons. The molecule has 8 heteroatoms. The fraction of sp³-hybridized carbons (Fsp3) is 0.227. The van der Waals surface area contributed by atoms with Crippen molar-refractivity contribution in [2.45, 2.75) is 32.4 Å². The van der Waals surface area contributed by atoms with Crippen LogP contribution in [0.25, 0.3) is 22.4 Å². The standard InChI is InChI=1S/C22H17Cl2N3O3/c1-12-16-10-13(23)6-9-18(16)29-20(12)22(28)27(14-7-8-14)11-19-25-26-21(30-19)15-4-2-3-5-17(15)24/h2-6,9-10,14H,7-8,11H2,1H3. The highest BCUT2D eigenvalue weighted by Crippen LogP contribution is 2.34. The molecule has 2 heterocycles. The third-order valence-corrected chi connectivity index (χ3v) is 5.78. The summed E-state index contributed by atoms with van der Waals surface area (Å²) in [5.74, 6) is 0.792. The van der Waals surface area contributed by atoms with Crippen molar-refractivity contribution >= 4 is 40.1 Å². The van der Waals surface area contributed by atoms with Crippen LogP contribution in [0.1, 0.15) is 34.9 Å². The van der Waals surface area contributed by atoms with Crippen LogP contribution in [0.3, 0.4) is 0 Å². The van der Waals surface area contributed by atoms with Crippen LogP contribution in [0, 0.1) is 6.92 Å². The first-order valence-corrected chi connectivity index (χ1v) is 10.3. The maximum absolute atomic E-state index is 13.3. The van der Waals surface area contributed by atoms with Gasteiger partial charge in [0.05, 0.1) is 17.1 Å². The lowest BCUT2D eigenvalue weighted by Gasteiger charge is -2.19. The number of hydrogen-bond acceptors (Lipinski definition) is 5. The van der Waals surface area contributed by atoms with E-state index in [4.69, 9.17) is 32.0 Å². The number of benzene rings is 2. The van der Waals surface area contributed by atoms with Gasteiger partial charge in [-0.05, 0) is 50.1 Å². The molecule has 2 aromatic carbocycles. The average molecular weight is 442 g/mol. The third kappa shape index (κ3) is 3.46. The Morgan fingerprint density at radius 1 is 1.13 bits per heavy atom. The van der Waals surface area contributed by atoms with Crippen molar-refractivity contribution in [2.75, 3.05) is 0 Å². The largest absolute Gasteiger partial charge is 0.451 e. The van der Waals surface area contributed by atoms with Crippen LogP contribution in [0.5, 0.6) is 0 Å². The van der Waals surface area contributed by atoms with Crippen molar-refractivity contribution in [1.29, 1.82) is 0 Å². The van der Waals surface area contributed by atoms with E-state index in [0.29, 0.717) is 38.7 Å². The van der Waals surface area contributed by atoms with Gasteiger partial charge in [-0.25, -0.2) is 0 Å². The number of rotatable bonds is 5. The predicted octanol–water partition coefficient (Wildman–Crippen LogP) is 5.90. The predicted molar refractivity (Wildman–Crippen MR) is 114 cm³/mol. The van der Waals surface area contributed by atoms with Gasteiger partial charge in [-0.2, -0.15) is 0 Å². The van der Waals surface area contributed by atoms with Crippen molar-refractivity contribution in [3.8, 4) is 11.5 Å². The van der Waals surface area contributed by atoms with Gasteiger partial charge in [0.15, 0.2) is 5.76 Å². The van der Waals surface area contributed by atoms with E-state index in [1.807, 2.05) is 31.2 Å². The van der Waals surface area contributed by atoms with E-state index in [1.54, 1.807) is 23.1 Å². The van der Waals surface area contributed by atoms with Gasteiger partial charge in [0.1, 0.15) is 5.58 Å². The number of aryl methyl sites for hydroxylation is 1. The number of furan rings is 1. The van der Waals surface area contributed by atoms with Gasteiger partial charge in [-0.3, -0.25) is 4.79 Å². The first-order chi connectivity index (χ1) is 14.5. The van der Waals surface area contributed by atoms with Crippen LogP contribution in [-0.2, 0) is 6.54 Å². The Morgan fingerprint density at radius 2 is 1.93 bits per heavy atom. The number of nitrogens with zero attached hydrogens (tertiary/aromatic N) is 3. The molecule has 1 saturated carbocycles. The van der Waals surface area contributed by atoms with E-state index in [0.717, 1.165) is 23.8 Å². The molecule has 6 nitrogen and oxygen atoms in total. The Kier molecular flexibility index (Phi) is 4.76. The summed E-state index contributed by atoms with van der Waals surface area (Å²) >= 11 is 12.3. The lowest BCUT2D eigenvalue weighted by Crippen LogP contribution is -2.32. The summed E-state index contributed by atoms with van der Waals surface area (Å²) in [6.07, 6.45) is 1.87. The molecule has 1 fully saturated rings. The normalized spacial score (nSPS) is 13.7. The monoisotopic (exact) mass is 441 g/mol. The summed E-state index contributed by atoms with van der Waals surface area (Å²) in [6.45, 7) is 2.07. The van der Waals surface area contributed by atoms with Gasteiger partial charge in [0.25, 0.3) is 5.91 Å². The summed E-state index contributed by atoms with van der Waals surface area (Å²) in [5.41, 5.74) is 2.06. The highest BCUT2D eigenvalue weighted by atomic mass is 35.5. The molecule has 0 radical (unpaired) electrons. The van der Waals surface area contributed by atoms with Crippen LogP contribution in [0.2, 0.25) is 10.0 Å². The highest BCUT2D eigenvalue weighted by Gasteiger charge is 2.36. The Balaban J connectivity index is 1.44. The maximum Gasteiger partial charge on any atom is 0.290 e. The average Bonchev–Trinajstić information content (AvgIpc) is 3.39. The number of hydrogen-bond donors (Lipinski definition) is 0. The SMILES string of the molecule is Cc1c(C(=O)N(Cc2nnc(-c3ccccc3Cl)o2)C2CC2)oc2ccc(Cl)cc12. The summed E-state index contributed by atoms with van der Waals surface area (Å²) in [6, 6.07) is 12.7. The van der Waals surface area contributed by atoms with Gasteiger partial charge in [-0.1, -0.05) is 35.3 Å². The fourth-order valence-corrected chi connectivity index (χ4v) is 3.88. The van der Waals surface area contributed by atoms with Crippen LogP contribution in [0.15, 0.2) is 51.3 Å². The van der Waals surface area contributed by atoms with E-state index < -0.39 is 0 Å². The van der Waals surface area contributed by atoms with Crippen LogP contribution < -0.4 is 0 Å². The summed E-state index contributed by atoms with van der Waals surface area (Å²) < 4.78 is 11.7. The van der Waals surface area contributed by atoms with Crippen molar-refractivity contribution in [1.82, 2.24) is 15.1 Å². The zero-order valence-electron chi connectivity index (χ0n) is 16.1. The Labute approximate surface area is 182 Å². The number of carbonyl (C=O) groups is 1. The number of fused-ring (bicyclic) bond motifs is 1. The van der Waals surface area contributed by atoms with E-state index in [-0.39, 0.29) is 18.5 Å². The first-order valence-electron chi connectivity index (χ1n) is 9.58. The minimum atomic E-state index is -0.195. The Hall–Kier alpha value is -2.83. The molecule has 0 aliphatic heterocycles. The quantitative estimate of drug-likeness (QED) is 0.385. The van der Waals surface area contributed by atoms with Gasteiger partial charge >= 0.3 is 0 Å². The second kappa shape index (κ2) is 7.45. The van der Waals surface area contributed by atoms with Gasteiger partial charge < -0.3 is 13.7 Å². The minimum absolute atomic E-state index is 0.129. The topological polar surface area (TPSA) is 72.4 Å². The molecule has 4 aromatic rings. The van der Waals surface area contributed by atoms with Crippen molar-refractivity contribution < 1.29 is 13.6 Å². The molecule has 1 aliphatic rings. The van der Waals surface area contributed by atoms with Crippen molar-refractivity contribution in [2.24, 2.45) is 0 Å². The molecule has 0 bridgehead atoms. The molecule has 0 spiro atoms. The molecule has 0 N–H and O–H groups in total. The highest BCUT2D eigenvalue weighted by molar-refractivity contribution is 6.33. The molecule has 5 rings (SSSR count). The molecular formula is C22H17Cl2N3O3. The molecular weight excluding hydrogens is 425 g/mol.